The third kappa shape index (κ3) is 3.94. The molecule has 3 heteroatoms. The Morgan fingerprint density at radius 2 is 1.89 bits per heavy atom. The molecule has 0 saturated carbocycles. The summed E-state index contributed by atoms with van der Waals surface area (Å²) >= 11 is 0. The average molecular weight is 253 g/mol. The first-order chi connectivity index (χ1) is 8.69. The van der Waals surface area contributed by atoms with Crippen molar-refractivity contribution < 1.29 is 0 Å². The number of likely N-dealkylation sites (tertiary alicyclic amines) is 2. The van der Waals surface area contributed by atoms with E-state index in [-0.39, 0.29) is 0 Å². The lowest BCUT2D eigenvalue weighted by molar-refractivity contribution is 0.167. The van der Waals surface area contributed by atoms with Crippen molar-refractivity contribution in [1.82, 2.24) is 15.1 Å². The van der Waals surface area contributed by atoms with Crippen LogP contribution in [0.5, 0.6) is 0 Å². The summed E-state index contributed by atoms with van der Waals surface area (Å²) in [6.07, 6.45) is 4.14. The molecule has 0 aliphatic carbocycles. The van der Waals surface area contributed by atoms with E-state index in [1.807, 2.05) is 0 Å². The molecule has 0 aromatic rings. The van der Waals surface area contributed by atoms with Crippen LogP contribution in [-0.2, 0) is 0 Å². The first-order valence-corrected chi connectivity index (χ1v) is 7.83. The Kier molecular flexibility index (Phi) is 5.46. The number of nitrogens with zero attached hydrogens (tertiary/aromatic N) is 2. The Balaban J connectivity index is 1.64. The highest BCUT2D eigenvalue weighted by Gasteiger charge is 2.25. The lowest BCUT2D eigenvalue weighted by Crippen LogP contribution is -2.43. The van der Waals surface area contributed by atoms with Gasteiger partial charge in [0.1, 0.15) is 0 Å². The SMILES string of the molecule is CCN1CCC(C(C)NCC2CCN(C)C2)CC1. The normalized spacial score (nSPS) is 29.8. The molecule has 2 rings (SSSR count). The predicted molar refractivity (Wildman–Crippen MR) is 77.9 cm³/mol. The summed E-state index contributed by atoms with van der Waals surface area (Å²) in [6, 6.07) is 0.704. The molecule has 2 saturated heterocycles. The molecular formula is C15H31N3. The Morgan fingerprint density at radius 1 is 1.17 bits per heavy atom. The van der Waals surface area contributed by atoms with Crippen LogP contribution in [0.3, 0.4) is 0 Å². The van der Waals surface area contributed by atoms with Gasteiger partial charge in [-0.25, -0.2) is 0 Å². The van der Waals surface area contributed by atoms with Gasteiger partial charge in [-0.05, 0) is 77.8 Å². The van der Waals surface area contributed by atoms with Crippen molar-refractivity contribution in [1.29, 1.82) is 0 Å². The van der Waals surface area contributed by atoms with Crippen molar-refractivity contribution in [3.05, 3.63) is 0 Å². The van der Waals surface area contributed by atoms with Crippen LogP contribution >= 0.6 is 0 Å². The highest BCUT2D eigenvalue weighted by Crippen LogP contribution is 2.21. The van der Waals surface area contributed by atoms with Gasteiger partial charge in [-0.3, -0.25) is 0 Å². The molecule has 0 radical (unpaired) electrons. The van der Waals surface area contributed by atoms with Gasteiger partial charge in [0.25, 0.3) is 0 Å². The lowest BCUT2D eigenvalue weighted by Gasteiger charge is -2.35. The van der Waals surface area contributed by atoms with Gasteiger partial charge in [-0.15, -0.1) is 0 Å². The summed E-state index contributed by atoms with van der Waals surface area (Å²) in [5.74, 6) is 1.78. The number of nitrogens with one attached hydrogen (secondary N) is 1. The highest BCUT2D eigenvalue weighted by atomic mass is 15.1. The Labute approximate surface area is 113 Å². The molecule has 2 fully saturated rings. The van der Waals surface area contributed by atoms with Gasteiger partial charge in [0.2, 0.25) is 0 Å². The van der Waals surface area contributed by atoms with Gasteiger partial charge < -0.3 is 15.1 Å². The van der Waals surface area contributed by atoms with E-state index < -0.39 is 0 Å². The molecule has 3 nitrogen and oxygen atoms in total. The molecule has 2 aliphatic heterocycles. The summed E-state index contributed by atoms with van der Waals surface area (Å²) in [6.45, 7) is 12.3. The first kappa shape index (κ1) is 14.3. The topological polar surface area (TPSA) is 18.5 Å². The van der Waals surface area contributed by atoms with Crippen LogP contribution in [0.25, 0.3) is 0 Å². The van der Waals surface area contributed by atoms with Gasteiger partial charge in [0.05, 0.1) is 0 Å². The maximum atomic E-state index is 3.80. The van der Waals surface area contributed by atoms with E-state index in [1.165, 1.54) is 58.5 Å². The van der Waals surface area contributed by atoms with E-state index in [4.69, 9.17) is 0 Å². The number of hydrogen-bond acceptors (Lipinski definition) is 3. The summed E-state index contributed by atoms with van der Waals surface area (Å²) in [5.41, 5.74) is 0. The molecule has 0 aromatic carbocycles. The van der Waals surface area contributed by atoms with Crippen LogP contribution in [0.2, 0.25) is 0 Å². The molecule has 2 heterocycles. The predicted octanol–water partition coefficient (Wildman–Crippen LogP) is 1.65. The maximum Gasteiger partial charge on any atom is 0.00680 e. The average Bonchev–Trinajstić information content (AvgIpc) is 2.82. The van der Waals surface area contributed by atoms with Gasteiger partial charge in [-0.1, -0.05) is 6.92 Å². The van der Waals surface area contributed by atoms with Crippen molar-refractivity contribution in [2.75, 3.05) is 46.3 Å². The Bertz CT molecular complexity index is 236. The fourth-order valence-corrected chi connectivity index (χ4v) is 3.48. The molecule has 18 heavy (non-hydrogen) atoms. The fraction of sp³-hybridized carbons (Fsp3) is 1.00. The highest BCUT2D eigenvalue weighted by molar-refractivity contribution is 4.81. The summed E-state index contributed by atoms with van der Waals surface area (Å²) in [4.78, 5) is 5.03. The minimum absolute atomic E-state index is 0.704. The molecule has 2 unspecified atom stereocenters. The molecule has 106 valence electrons. The minimum Gasteiger partial charge on any atom is -0.314 e. The zero-order chi connectivity index (χ0) is 13.0. The molecule has 2 atom stereocenters. The van der Waals surface area contributed by atoms with E-state index in [0.717, 1.165) is 11.8 Å². The van der Waals surface area contributed by atoms with E-state index >= 15 is 0 Å². The number of hydrogen-bond donors (Lipinski definition) is 1. The van der Waals surface area contributed by atoms with E-state index in [1.54, 1.807) is 0 Å². The second-order valence-corrected chi connectivity index (χ2v) is 6.39. The molecule has 0 bridgehead atoms. The van der Waals surface area contributed by atoms with Crippen molar-refractivity contribution in [3.8, 4) is 0 Å². The van der Waals surface area contributed by atoms with Gasteiger partial charge in [0, 0.05) is 12.6 Å². The largest absolute Gasteiger partial charge is 0.314 e. The summed E-state index contributed by atoms with van der Waals surface area (Å²) in [7, 11) is 2.24. The molecule has 1 N–H and O–H groups in total. The van der Waals surface area contributed by atoms with Crippen LogP contribution in [0.4, 0.5) is 0 Å². The van der Waals surface area contributed by atoms with Crippen LogP contribution in [0.15, 0.2) is 0 Å². The molecular weight excluding hydrogens is 222 g/mol. The van der Waals surface area contributed by atoms with E-state index in [0.29, 0.717) is 6.04 Å². The minimum atomic E-state index is 0.704. The second-order valence-electron chi connectivity index (χ2n) is 6.39. The van der Waals surface area contributed by atoms with Crippen molar-refractivity contribution in [3.63, 3.8) is 0 Å². The fourth-order valence-electron chi connectivity index (χ4n) is 3.48. The van der Waals surface area contributed by atoms with E-state index in [9.17, 15) is 0 Å². The zero-order valence-electron chi connectivity index (χ0n) is 12.5. The van der Waals surface area contributed by atoms with Crippen molar-refractivity contribution in [2.24, 2.45) is 11.8 Å². The number of piperidine rings is 1. The standard InChI is InChI=1S/C15H31N3/c1-4-18-9-6-15(7-10-18)13(2)16-11-14-5-8-17(3)12-14/h13-16H,4-12H2,1-3H3. The van der Waals surface area contributed by atoms with Gasteiger partial charge in [-0.2, -0.15) is 0 Å². The third-order valence-corrected chi connectivity index (χ3v) is 5.00. The Morgan fingerprint density at radius 3 is 2.44 bits per heavy atom. The van der Waals surface area contributed by atoms with Crippen LogP contribution in [0, 0.1) is 11.8 Å². The lowest BCUT2D eigenvalue weighted by atomic mass is 9.90. The van der Waals surface area contributed by atoms with Gasteiger partial charge in [0.15, 0.2) is 0 Å². The monoisotopic (exact) mass is 253 g/mol. The Hall–Kier alpha value is -0.120. The quantitative estimate of drug-likeness (QED) is 0.804. The van der Waals surface area contributed by atoms with Crippen molar-refractivity contribution >= 4 is 0 Å². The third-order valence-electron chi connectivity index (χ3n) is 5.00. The molecule has 0 aromatic heterocycles. The van der Waals surface area contributed by atoms with Gasteiger partial charge >= 0.3 is 0 Å². The molecule has 2 aliphatic rings. The molecule has 0 spiro atoms. The summed E-state index contributed by atoms with van der Waals surface area (Å²) in [5, 5.41) is 3.80. The summed E-state index contributed by atoms with van der Waals surface area (Å²) < 4.78 is 0. The van der Waals surface area contributed by atoms with Crippen LogP contribution in [0.1, 0.15) is 33.1 Å². The number of rotatable bonds is 5. The second kappa shape index (κ2) is 6.88. The molecule has 0 amide bonds. The smallest absolute Gasteiger partial charge is 0.00680 e. The zero-order valence-corrected chi connectivity index (χ0v) is 12.5. The maximum absolute atomic E-state index is 3.80. The van der Waals surface area contributed by atoms with Crippen LogP contribution in [-0.4, -0.2) is 62.2 Å². The van der Waals surface area contributed by atoms with Crippen molar-refractivity contribution in [2.45, 2.75) is 39.2 Å². The first-order valence-electron chi connectivity index (χ1n) is 7.83. The van der Waals surface area contributed by atoms with E-state index in [2.05, 4.69) is 36.0 Å². The van der Waals surface area contributed by atoms with Crippen LogP contribution < -0.4 is 5.32 Å².